The fourth-order valence-electron chi connectivity index (χ4n) is 2.04. The highest BCUT2D eigenvalue weighted by atomic mass is 35.5. The molecule has 0 aliphatic heterocycles. The van der Waals surface area contributed by atoms with Crippen molar-refractivity contribution in [3.8, 4) is 0 Å². The van der Waals surface area contributed by atoms with Crippen molar-refractivity contribution < 1.29 is 4.79 Å². The topological polar surface area (TPSA) is 55.1 Å². The average Bonchev–Trinajstić information content (AvgIpc) is 2.48. The molecule has 1 unspecified atom stereocenters. The maximum Gasteiger partial charge on any atom is 0.234 e. The van der Waals surface area contributed by atoms with E-state index in [0.29, 0.717) is 0 Å². The van der Waals surface area contributed by atoms with Gasteiger partial charge in [-0.2, -0.15) is 0 Å². The molecule has 0 bridgehead atoms. The fourth-order valence-corrected chi connectivity index (χ4v) is 2.04. The molecule has 1 amide bonds. The number of rotatable bonds is 5. The quantitative estimate of drug-likeness (QED) is 0.889. The predicted molar refractivity (Wildman–Crippen MR) is 83.8 cm³/mol. The summed E-state index contributed by atoms with van der Waals surface area (Å²) in [7, 11) is 0. The molecule has 0 aliphatic carbocycles. The molecule has 3 nitrogen and oxygen atoms in total. The Morgan fingerprint density at radius 2 is 1.55 bits per heavy atom. The summed E-state index contributed by atoms with van der Waals surface area (Å²) < 4.78 is 0. The Hall–Kier alpha value is -1.84. The first-order valence-corrected chi connectivity index (χ1v) is 6.38. The van der Waals surface area contributed by atoms with E-state index in [-0.39, 0.29) is 30.9 Å². The molecule has 2 rings (SSSR count). The molecule has 4 heteroatoms. The Bertz CT molecular complexity index is 517. The summed E-state index contributed by atoms with van der Waals surface area (Å²) in [4.78, 5) is 11.5. The minimum absolute atomic E-state index is 0. The first-order valence-electron chi connectivity index (χ1n) is 6.38. The van der Waals surface area contributed by atoms with Crippen LogP contribution in [-0.2, 0) is 11.2 Å². The van der Waals surface area contributed by atoms with E-state index in [1.807, 2.05) is 48.5 Å². The summed E-state index contributed by atoms with van der Waals surface area (Å²) in [6.45, 7) is 0.0120. The summed E-state index contributed by atoms with van der Waals surface area (Å²) in [6, 6.07) is 20.0. The maximum atomic E-state index is 11.5. The Balaban J connectivity index is 0.00000200. The van der Waals surface area contributed by atoms with Crippen LogP contribution < -0.4 is 11.1 Å². The van der Waals surface area contributed by atoms with Gasteiger partial charge in [0.25, 0.3) is 0 Å². The number of hydrogen-bond acceptors (Lipinski definition) is 2. The second-order valence-electron chi connectivity index (χ2n) is 4.42. The van der Waals surface area contributed by atoms with Gasteiger partial charge in [0.1, 0.15) is 0 Å². The smallest absolute Gasteiger partial charge is 0.234 e. The van der Waals surface area contributed by atoms with Gasteiger partial charge in [-0.1, -0.05) is 60.7 Å². The molecule has 0 aromatic heterocycles. The number of amides is 1. The van der Waals surface area contributed by atoms with E-state index in [9.17, 15) is 4.79 Å². The van der Waals surface area contributed by atoms with Gasteiger partial charge < -0.3 is 11.1 Å². The third-order valence-electron chi connectivity index (χ3n) is 3.01. The molecule has 0 spiro atoms. The lowest BCUT2D eigenvalue weighted by Crippen LogP contribution is -2.34. The summed E-state index contributed by atoms with van der Waals surface area (Å²) in [5.74, 6) is -0.134. The van der Waals surface area contributed by atoms with E-state index in [1.54, 1.807) is 0 Å². The monoisotopic (exact) mass is 290 g/mol. The Morgan fingerprint density at radius 1 is 1.00 bits per heavy atom. The standard InChI is InChI=1S/C16H18N2O.ClH/c17-12-16(19)18-15(14-9-5-2-6-10-14)11-13-7-3-1-4-8-13;/h1-10,15H,11-12,17H2,(H,18,19);1H. The highest BCUT2D eigenvalue weighted by molar-refractivity contribution is 5.85. The van der Waals surface area contributed by atoms with E-state index < -0.39 is 0 Å². The van der Waals surface area contributed by atoms with Crippen molar-refractivity contribution in [2.75, 3.05) is 6.54 Å². The number of benzene rings is 2. The van der Waals surface area contributed by atoms with Crippen LogP contribution >= 0.6 is 12.4 Å². The van der Waals surface area contributed by atoms with Crippen LogP contribution in [0.4, 0.5) is 0 Å². The minimum atomic E-state index is -0.134. The maximum absolute atomic E-state index is 11.5. The third kappa shape index (κ3) is 4.68. The van der Waals surface area contributed by atoms with Crippen molar-refractivity contribution in [2.45, 2.75) is 12.5 Å². The number of nitrogens with one attached hydrogen (secondary N) is 1. The van der Waals surface area contributed by atoms with Crippen LogP contribution in [0.25, 0.3) is 0 Å². The summed E-state index contributed by atoms with van der Waals surface area (Å²) in [5.41, 5.74) is 7.66. The van der Waals surface area contributed by atoms with Gasteiger partial charge in [-0.05, 0) is 17.5 Å². The van der Waals surface area contributed by atoms with Crippen LogP contribution in [0.2, 0.25) is 0 Å². The van der Waals surface area contributed by atoms with Gasteiger partial charge >= 0.3 is 0 Å². The van der Waals surface area contributed by atoms with E-state index >= 15 is 0 Å². The number of nitrogens with two attached hydrogens (primary N) is 1. The molecule has 0 heterocycles. The SMILES string of the molecule is Cl.NCC(=O)NC(Cc1ccccc1)c1ccccc1. The highest BCUT2D eigenvalue weighted by Gasteiger charge is 2.14. The van der Waals surface area contributed by atoms with Crippen LogP contribution in [-0.4, -0.2) is 12.5 Å². The molecule has 0 fully saturated rings. The van der Waals surface area contributed by atoms with Crippen molar-refractivity contribution in [2.24, 2.45) is 5.73 Å². The van der Waals surface area contributed by atoms with Crippen LogP contribution in [0.15, 0.2) is 60.7 Å². The van der Waals surface area contributed by atoms with Gasteiger partial charge in [-0.15, -0.1) is 12.4 Å². The predicted octanol–water partition coefficient (Wildman–Crippen LogP) is 2.47. The van der Waals surface area contributed by atoms with Crippen LogP contribution in [0.3, 0.4) is 0 Å². The van der Waals surface area contributed by atoms with Crippen LogP contribution in [0.1, 0.15) is 17.2 Å². The van der Waals surface area contributed by atoms with Crippen LogP contribution in [0, 0.1) is 0 Å². The third-order valence-corrected chi connectivity index (χ3v) is 3.01. The van der Waals surface area contributed by atoms with Gasteiger partial charge in [0.2, 0.25) is 5.91 Å². The molecule has 1 atom stereocenters. The highest BCUT2D eigenvalue weighted by Crippen LogP contribution is 2.18. The van der Waals surface area contributed by atoms with Gasteiger partial charge in [0.05, 0.1) is 12.6 Å². The van der Waals surface area contributed by atoms with E-state index in [0.717, 1.165) is 12.0 Å². The van der Waals surface area contributed by atoms with Gasteiger partial charge in [-0.25, -0.2) is 0 Å². The number of carbonyl (C=O) groups is 1. The average molecular weight is 291 g/mol. The number of hydrogen-bond donors (Lipinski definition) is 2. The lowest BCUT2D eigenvalue weighted by molar-refractivity contribution is -0.120. The minimum Gasteiger partial charge on any atom is -0.348 e. The zero-order chi connectivity index (χ0) is 13.5. The fraction of sp³-hybridized carbons (Fsp3) is 0.188. The van der Waals surface area contributed by atoms with Crippen LogP contribution in [0.5, 0.6) is 0 Å². The zero-order valence-corrected chi connectivity index (χ0v) is 12.0. The molecule has 106 valence electrons. The van der Waals surface area contributed by atoms with Crippen molar-refractivity contribution in [1.82, 2.24) is 5.32 Å². The van der Waals surface area contributed by atoms with Crippen molar-refractivity contribution in [1.29, 1.82) is 0 Å². The lowest BCUT2D eigenvalue weighted by Gasteiger charge is -2.19. The number of carbonyl (C=O) groups excluding carboxylic acids is 1. The molecule has 2 aromatic carbocycles. The van der Waals surface area contributed by atoms with Crippen molar-refractivity contribution in [3.05, 3.63) is 71.8 Å². The largest absolute Gasteiger partial charge is 0.348 e. The summed E-state index contributed by atoms with van der Waals surface area (Å²) in [5, 5.41) is 2.97. The molecule has 0 radical (unpaired) electrons. The van der Waals surface area contributed by atoms with E-state index in [1.165, 1.54) is 5.56 Å². The normalized spacial score (nSPS) is 11.2. The zero-order valence-electron chi connectivity index (χ0n) is 11.2. The summed E-state index contributed by atoms with van der Waals surface area (Å²) >= 11 is 0. The Morgan fingerprint density at radius 3 is 2.10 bits per heavy atom. The van der Waals surface area contributed by atoms with Crippen molar-refractivity contribution in [3.63, 3.8) is 0 Å². The summed E-state index contributed by atoms with van der Waals surface area (Å²) in [6.07, 6.45) is 0.761. The number of halogens is 1. The Kier molecular flexibility index (Phi) is 6.77. The molecule has 0 aliphatic rings. The van der Waals surface area contributed by atoms with E-state index in [2.05, 4.69) is 17.4 Å². The molecule has 3 N–H and O–H groups in total. The molecule has 0 saturated carbocycles. The second kappa shape index (κ2) is 8.35. The van der Waals surface area contributed by atoms with Crippen molar-refractivity contribution >= 4 is 18.3 Å². The van der Waals surface area contributed by atoms with E-state index in [4.69, 9.17) is 5.73 Å². The van der Waals surface area contributed by atoms with Gasteiger partial charge in [-0.3, -0.25) is 4.79 Å². The molecule has 0 saturated heterocycles. The lowest BCUT2D eigenvalue weighted by atomic mass is 9.99. The Labute approximate surface area is 125 Å². The second-order valence-corrected chi connectivity index (χ2v) is 4.42. The van der Waals surface area contributed by atoms with Gasteiger partial charge in [0, 0.05) is 0 Å². The van der Waals surface area contributed by atoms with Gasteiger partial charge in [0.15, 0.2) is 0 Å². The molecule has 20 heavy (non-hydrogen) atoms. The first kappa shape index (κ1) is 16.2. The molecule has 2 aromatic rings. The first-order chi connectivity index (χ1) is 9.29. The molecular formula is C16H19ClN2O. The molecular weight excluding hydrogens is 272 g/mol.